The molecule has 35 heavy (non-hydrogen) atoms. The normalized spacial score (nSPS) is 17.6. The Morgan fingerprint density at radius 3 is 2.60 bits per heavy atom. The maximum atomic E-state index is 13.0. The van der Waals surface area contributed by atoms with E-state index in [9.17, 15) is 18.0 Å². The molecule has 1 fully saturated rings. The first-order chi connectivity index (χ1) is 16.7. The van der Waals surface area contributed by atoms with Gasteiger partial charge in [-0.3, -0.25) is 9.59 Å². The number of aromatic nitrogens is 1. The number of carbonyl (C=O) groups is 2. The molecular formula is C25H29N3O5S2. The van der Waals surface area contributed by atoms with Gasteiger partial charge in [-0.2, -0.15) is 9.30 Å². The summed E-state index contributed by atoms with van der Waals surface area (Å²) in [6, 6.07) is 11.7. The Morgan fingerprint density at radius 1 is 1.17 bits per heavy atom. The third-order valence-corrected chi connectivity index (χ3v) is 8.91. The van der Waals surface area contributed by atoms with Gasteiger partial charge in [-0.1, -0.05) is 24.3 Å². The predicted octanol–water partition coefficient (Wildman–Crippen LogP) is 3.74. The molecule has 1 unspecified atom stereocenters. The number of rotatable bonds is 6. The minimum atomic E-state index is -3.61. The van der Waals surface area contributed by atoms with Gasteiger partial charge < -0.3 is 9.30 Å². The number of esters is 1. The predicted molar refractivity (Wildman–Crippen MR) is 135 cm³/mol. The molecule has 1 aliphatic heterocycles. The van der Waals surface area contributed by atoms with Crippen LogP contribution in [0.2, 0.25) is 0 Å². The highest BCUT2D eigenvalue weighted by Crippen LogP contribution is 2.24. The maximum absolute atomic E-state index is 13.0. The van der Waals surface area contributed by atoms with E-state index in [2.05, 4.69) is 11.9 Å². The van der Waals surface area contributed by atoms with Crippen LogP contribution in [0.3, 0.4) is 0 Å². The number of hydrogen-bond acceptors (Lipinski definition) is 6. The molecule has 8 nitrogen and oxygen atoms in total. The van der Waals surface area contributed by atoms with Crippen LogP contribution in [-0.2, 0) is 26.1 Å². The first-order valence-corrected chi connectivity index (χ1v) is 13.9. The SMILES string of the molecule is CCOC(=O)Cn1c(=NC(=O)c2ccc(S(=O)(=O)N3CCCC(C)C3)cc2)sc2cc(C)ccc21. The van der Waals surface area contributed by atoms with Crippen LogP contribution in [0, 0.1) is 12.8 Å². The maximum Gasteiger partial charge on any atom is 0.326 e. The largest absolute Gasteiger partial charge is 0.465 e. The fraction of sp³-hybridized carbons (Fsp3) is 0.400. The highest BCUT2D eigenvalue weighted by Gasteiger charge is 2.28. The van der Waals surface area contributed by atoms with Gasteiger partial charge in [0.25, 0.3) is 5.91 Å². The van der Waals surface area contributed by atoms with Crippen molar-refractivity contribution in [3.05, 3.63) is 58.4 Å². The molecule has 0 saturated carbocycles. The van der Waals surface area contributed by atoms with Gasteiger partial charge in [-0.05, 0) is 74.6 Å². The van der Waals surface area contributed by atoms with Crippen molar-refractivity contribution in [2.24, 2.45) is 10.9 Å². The summed E-state index contributed by atoms with van der Waals surface area (Å²) >= 11 is 1.31. The van der Waals surface area contributed by atoms with E-state index in [1.807, 2.05) is 25.1 Å². The highest BCUT2D eigenvalue weighted by atomic mass is 32.2. The van der Waals surface area contributed by atoms with Crippen molar-refractivity contribution in [2.75, 3.05) is 19.7 Å². The number of hydrogen-bond donors (Lipinski definition) is 0. The van der Waals surface area contributed by atoms with Crippen molar-refractivity contribution >= 4 is 43.5 Å². The Bertz CT molecular complexity index is 1420. The first-order valence-electron chi connectivity index (χ1n) is 11.6. The van der Waals surface area contributed by atoms with E-state index >= 15 is 0 Å². The van der Waals surface area contributed by atoms with E-state index in [0.717, 1.165) is 28.6 Å². The van der Waals surface area contributed by atoms with Crippen LogP contribution >= 0.6 is 11.3 Å². The summed E-state index contributed by atoms with van der Waals surface area (Å²) in [5, 5.41) is 0. The zero-order valence-electron chi connectivity index (χ0n) is 20.1. The van der Waals surface area contributed by atoms with Gasteiger partial charge in [0, 0.05) is 18.7 Å². The fourth-order valence-corrected chi connectivity index (χ4v) is 6.91. The van der Waals surface area contributed by atoms with Crippen LogP contribution in [0.15, 0.2) is 52.4 Å². The molecule has 186 valence electrons. The molecule has 1 saturated heterocycles. The highest BCUT2D eigenvalue weighted by molar-refractivity contribution is 7.89. The van der Waals surface area contributed by atoms with E-state index in [1.165, 1.54) is 39.9 Å². The smallest absolute Gasteiger partial charge is 0.326 e. The molecule has 2 heterocycles. The second-order valence-electron chi connectivity index (χ2n) is 8.80. The molecular weight excluding hydrogens is 486 g/mol. The molecule has 1 aromatic heterocycles. The van der Waals surface area contributed by atoms with Crippen LogP contribution in [0.5, 0.6) is 0 Å². The number of thiazole rings is 1. The topological polar surface area (TPSA) is 98.0 Å². The van der Waals surface area contributed by atoms with Gasteiger partial charge in [0.2, 0.25) is 10.0 Å². The Balaban J connectivity index is 1.65. The number of amides is 1. The molecule has 3 aromatic rings. The number of carbonyl (C=O) groups excluding carboxylic acids is 2. The number of nitrogens with zero attached hydrogens (tertiary/aromatic N) is 3. The van der Waals surface area contributed by atoms with Gasteiger partial charge in [0.1, 0.15) is 6.54 Å². The lowest BCUT2D eigenvalue weighted by Crippen LogP contribution is -2.39. The minimum absolute atomic E-state index is 0.0611. The van der Waals surface area contributed by atoms with Crippen molar-refractivity contribution < 1.29 is 22.7 Å². The summed E-state index contributed by atoms with van der Waals surface area (Å²) < 4.78 is 35.2. The van der Waals surface area contributed by atoms with Gasteiger partial charge in [-0.25, -0.2) is 8.42 Å². The Morgan fingerprint density at radius 2 is 1.91 bits per heavy atom. The lowest BCUT2D eigenvalue weighted by molar-refractivity contribution is -0.143. The van der Waals surface area contributed by atoms with Crippen molar-refractivity contribution in [3.63, 3.8) is 0 Å². The summed E-state index contributed by atoms with van der Waals surface area (Å²) in [7, 11) is -3.61. The molecule has 0 aliphatic carbocycles. The molecule has 10 heteroatoms. The standard InChI is InChI=1S/C25H29N3O5S2/c1-4-33-23(29)16-28-21-12-7-17(2)14-22(21)34-25(28)26-24(30)19-8-10-20(11-9-19)35(31,32)27-13-5-6-18(3)15-27/h7-12,14,18H,4-6,13,15-16H2,1-3H3. The lowest BCUT2D eigenvalue weighted by Gasteiger charge is -2.30. The summed E-state index contributed by atoms with van der Waals surface area (Å²) in [6.07, 6.45) is 1.87. The second kappa shape index (κ2) is 10.4. The van der Waals surface area contributed by atoms with Gasteiger partial charge in [0.05, 0.1) is 21.7 Å². The Hall–Kier alpha value is -2.82. The molecule has 0 N–H and O–H groups in total. The zero-order chi connectivity index (χ0) is 25.2. The van der Waals surface area contributed by atoms with Gasteiger partial charge in [0.15, 0.2) is 4.80 Å². The third-order valence-electron chi connectivity index (χ3n) is 5.99. The third kappa shape index (κ3) is 5.55. The summed E-state index contributed by atoms with van der Waals surface area (Å²) in [4.78, 5) is 30.0. The molecule has 1 atom stereocenters. The van der Waals surface area contributed by atoms with Crippen LogP contribution in [-0.4, -0.2) is 48.9 Å². The van der Waals surface area contributed by atoms with Crippen LogP contribution in [0.1, 0.15) is 42.6 Å². The molecule has 1 aliphatic rings. The zero-order valence-corrected chi connectivity index (χ0v) is 21.7. The number of aryl methyl sites for hydroxylation is 1. The number of piperidine rings is 1. The van der Waals surface area contributed by atoms with Crippen molar-refractivity contribution in [3.8, 4) is 0 Å². The second-order valence-corrected chi connectivity index (χ2v) is 11.7. The molecule has 0 radical (unpaired) electrons. The average Bonchev–Trinajstić information content (AvgIpc) is 3.14. The average molecular weight is 516 g/mol. The number of fused-ring (bicyclic) bond motifs is 1. The minimum Gasteiger partial charge on any atom is -0.465 e. The van der Waals surface area contributed by atoms with Gasteiger partial charge in [-0.15, -0.1) is 0 Å². The van der Waals surface area contributed by atoms with Crippen molar-refractivity contribution in [2.45, 2.75) is 45.1 Å². The fourth-order valence-electron chi connectivity index (χ4n) is 4.19. The van der Waals surface area contributed by atoms with Crippen molar-refractivity contribution in [1.82, 2.24) is 8.87 Å². The monoisotopic (exact) mass is 515 g/mol. The lowest BCUT2D eigenvalue weighted by atomic mass is 10.0. The van der Waals surface area contributed by atoms with Crippen LogP contribution in [0.25, 0.3) is 10.2 Å². The number of sulfonamides is 1. The molecule has 0 bridgehead atoms. The van der Waals surface area contributed by atoms with Gasteiger partial charge >= 0.3 is 5.97 Å². The number of ether oxygens (including phenoxy) is 1. The van der Waals surface area contributed by atoms with E-state index in [4.69, 9.17) is 4.74 Å². The molecule has 4 rings (SSSR count). The Kier molecular flexibility index (Phi) is 7.53. The molecule has 2 aromatic carbocycles. The molecule has 0 spiro atoms. The van der Waals surface area contributed by atoms with E-state index < -0.39 is 21.9 Å². The summed E-state index contributed by atoms with van der Waals surface area (Å²) in [5.74, 6) is -0.603. The Labute approximate surface area is 208 Å². The summed E-state index contributed by atoms with van der Waals surface area (Å²) in [5.41, 5.74) is 2.12. The molecule has 1 amide bonds. The number of benzene rings is 2. The van der Waals surface area contributed by atoms with E-state index in [-0.39, 0.29) is 23.6 Å². The summed E-state index contributed by atoms with van der Waals surface area (Å²) in [6.45, 7) is 6.97. The quantitative estimate of drug-likeness (QED) is 0.466. The van der Waals surface area contributed by atoms with E-state index in [0.29, 0.717) is 23.8 Å². The first kappa shape index (κ1) is 25.3. The van der Waals surface area contributed by atoms with Crippen LogP contribution in [0.4, 0.5) is 0 Å². The van der Waals surface area contributed by atoms with Crippen molar-refractivity contribution in [1.29, 1.82) is 0 Å². The van der Waals surface area contributed by atoms with Crippen LogP contribution < -0.4 is 4.80 Å². The van der Waals surface area contributed by atoms with E-state index in [1.54, 1.807) is 11.5 Å².